The van der Waals surface area contributed by atoms with Crippen molar-refractivity contribution in [1.29, 1.82) is 0 Å². The molecule has 1 aliphatic heterocycles. The Labute approximate surface area is 210 Å². The Hall–Kier alpha value is -3.69. The largest absolute Gasteiger partial charge is 0.548 e. The number of carboxylic acids is 1. The van der Waals surface area contributed by atoms with E-state index in [2.05, 4.69) is 15.2 Å². The first-order valence-corrected chi connectivity index (χ1v) is 12.2. The molecule has 8 nitrogen and oxygen atoms in total. The van der Waals surface area contributed by atoms with Crippen LogP contribution in [0.25, 0.3) is 17.1 Å². The number of carbonyl (C=O) groups is 2. The molecule has 10 heteroatoms. The molecule has 1 atom stereocenters. The highest BCUT2D eigenvalue weighted by Crippen LogP contribution is 2.30. The molecule has 1 aliphatic rings. The van der Waals surface area contributed by atoms with Crippen molar-refractivity contribution < 1.29 is 14.7 Å². The number of thioether (sulfide) groups is 1. The highest BCUT2D eigenvalue weighted by Gasteiger charge is 2.31. The van der Waals surface area contributed by atoms with Crippen molar-refractivity contribution in [2.75, 3.05) is 5.75 Å². The zero-order chi connectivity index (χ0) is 24.4. The van der Waals surface area contributed by atoms with Crippen LogP contribution in [-0.2, 0) is 22.6 Å². The molecular formula is C25H19ClN5O3S-. The van der Waals surface area contributed by atoms with E-state index in [9.17, 15) is 14.7 Å². The number of aromatic nitrogens is 4. The second-order valence-corrected chi connectivity index (χ2v) is 9.35. The van der Waals surface area contributed by atoms with Gasteiger partial charge in [0.2, 0.25) is 5.91 Å². The number of aliphatic carboxylic acids is 1. The van der Waals surface area contributed by atoms with E-state index in [1.807, 2.05) is 53.1 Å². The van der Waals surface area contributed by atoms with Gasteiger partial charge in [-0.3, -0.25) is 14.3 Å². The molecule has 0 radical (unpaired) electrons. The molecule has 2 aromatic carbocycles. The summed E-state index contributed by atoms with van der Waals surface area (Å²) in [5.41, 5.74) is 3.45. The van der Waals surface area contributed by atoms with Crippen molar-refractivity contribution in [2.45, 2.75) is 24.2 Å². The number of hydrogen-bond donors (Lipinski definition) is 0. The quantitative estimate of drug-likeness (QED) is 0.372. The SMILES string of the molecule is O=C([O-])[C@H]1Cc2ccccc2CN1C(=O)CSc1nnc(-c2ccncc2)n1-c1ccc(Cl)cc1. The Morgan fingerprint density at radius 3 is 2.43 bits per heavy atom. The van der Waals surface area contributed by atoms with Crippen LogP contribution < -0.4 is 5.11 Å². The van der Waals surface area contributed by atoms with Gasteiger partial charge in [-0.1, -0.05) is 47.6 Å². The fourth-order valence-electron chi connectivity index (χ4n) is 4.08. The van der Waals surface area contributed by atoms with E-state index in [0.29, 0.717) is 16.0 Å². The Morgan fingerprint density at radius 2 is 1.71 bits per heavy atom. The number of amides is 1. The average molecular weight is 505 g/mol. The molecular weight excluding hydrogens is 486 g/mol. The van der Waals surface area contributed by atoms with E-state index in [4.69, 9.17) is 11.6 Å². The first-order valence-electron chi connectivity index (χ1n) is 10.8. The van der Waals surface area contributed by atoms with Gasteiger partial charge >= 0.3 is 0 Å². The van der Waals surface area contributed by atoms with E-state index in [1.54, 1.807) is 24.5 Å². The van der Waals surface area contributed by atoms with Gasteiger partial charge in [0.05, 0.1) is 17.8 Å². The monoisotopic (exact) mass is 504 g/mol. The van der Waals surface area contributed by atoms with E-state index in [-0.39, 0.29) is 24.6 Å². The average Bonchev–Trinajstić information content (AvgIpc) is 3.31. The van der Waals surface area contributed by atoms with Crippen LogP contribution in [0.3, 0.4) is 0 Å². The van der Waals surface area contributed by atoms with Gasteiger partial charge in [0, 0.05) is 35.2 Å². The van der Waals surface area contributed by atoms with Crippen molar-refractivity contribution in [2.24, 2.45) is 0 Å². The van der Waals surface area contributed by atoms with Crippen molar-refractivity contribution in [3.63, 3.8) is 0 Å². The summed E-state index contributed by atoms with van der Waals surface area (Å²) < 4.78 is 1.84. The van der Waals surface area contributed by atoms with Crippen molar-refractivity contribution in [3.05, 3.63) is 89.2 Å². The van der Waals surface area contributed by atoms with E-state index in [0.717, 1.165) is 22.4 Å². The number of carbonyl (C=O) groups excluding carboxylic acids is 2. The van der Waals surface area contributed by atoms with Crippen LogP contribution in [0, 0.1) is 0 Å². The van der Waals surface area contributed by atoms with Gasteiger partial charge in [-0.15, -0.1) is 10.2 Å². The molecule has 5 rings (SSSR count). The number of halogens is 1. The van der Waals surface area contributed by atoms with Crippen LogP contribution in [0.15, 0.2) is 78.2 Å². The molecule has 0 aliphatic carbocycles. The standard InChI is InChI=1S/C25H20ClN5O3S/c26-19-5-7-20(8-6-19)31-23(16-9-11-27-12-10-16)28-29-25(31)35-15-22(32)30-14-18-4-2-1-3-17(18)13-21(30)24(33)34/h1-12,21H,13-15H2,(H,33,34)/p-1/t21-/m1/s1. The Bertz CT molecular complexity index is 1380. The Morgan fingerprint density at radius 1 is 1.00 bits per heavy atom. The zero-order valence-corrected chi connectivity index (χ0v) is 19.9. The van der Waals surface area contributed by atoms with Crippen LogP contribution in [0.1, 0.15) is 11.1 Å². The molecule has 0 bridgehead atoms. The van der Waals surface area contributed by atoms with E-state index < -0.39 is 12.0 Å². The molecule has 0 saturated heterocycles. The van der Waals surface area contributed by atoms with Crippen LogP contribution >= 0.6 is 23.4 Å². The minimum atomic E-state index is -1.26. The number of benzene rings is 2. The van der Waals surface area contributed by atoms with Crippen LogP contribution in [0.2, 0.25) is 5.02 Å². The van der Waals surface area contributed by atoms with Gasteiger partial charge < -0.3 is 14.8 Å². The van der Waals surface area contributed by atoms with Crippen LogP contribution in [0.4, 0.5) is 0 Å². The topological polar surface area (TPSA) is 104 Å². The molecule has 176 valence electrons. The molecule has 4 aromatic rings. The lowest BCUT2D eigenvalue weighted by Gasteiger charge is -2.37. The maximum Gasteiger partial charge on any atom is 0.233 e. The van der Waals surface area contributed by atoms with E-state index in [1.165, 1.54) is 16.7 Å². The highest BCUT2D eigenvalue weighted by molar-refractivity contribution is 7.99. The molecule has 0 spiro atoms. The minimum absolute atomic E-state index is 0.00594. The maximum atomic E-state index is 13.2. The third kappa shape index (κ3) is 4.78. The summed E-state index contributed by atoms with van der Waals surface area (Å²) in [6.07, 6.45) is 3.56. The Kier molecular flexibility index (Phi) is 6.52. The van der Waals surface area contributed by atoms with Gasteiger partial charge in [-0.05, 0) is 53.9 Å². The lowest BCUT2D eigenvalue weighted by atomic mass is 9.94. The van der Waals surface area contributed by atoms with Gasteiger partial charge in [-0.2, -0.15) is 0 Å². The summed E-state index contributed by atoms with van der Waals surface area (Å²) in [5, 5.41) is 21.6. The summed E-state index contributed by atoms with van der Waals surface area (Å²) in [6.45, 7) is 0.223. The second-order valence-electron chi connectivity index (χ2n) is 7.97. The predicted octanol–water partition coefficient (Wildman–Crippen LogP) is 2.78. The molecule has 0 fully saturated rings. The predicted molar refractivity (Wildman–Crippen MR) is 130 cm³/mol. The summed E-state index contributed by atoms with van der Waals surface area (Å²) in [4.78, 5) is 30.5. The second kappa shape index (κ2) is 9.89. The normalized spacial score (nSPS) is 15.0. The van der Waals surface area contributed by atoms with Crippen LogP contribution in [0.5, 0.6) is 0 Å². The lowest BCUT2D eigenvalue weighted by Crippen LogP contribution is -2.54. The number of hydrogen-bond acceptors (Lipinski definition) is 7. The fourth-order valence-corrected chi connectivity index (χ4v) is 5.04. The van der Waals surface area contributed by atoms with Gasteiger partial charge in [0.1, 0.15) is 0 Å². The summed E-state index contributed by atoms with van der Waals surface area (Å²) in [7, 11) is 0. The fraction of sp³-hybridized carbons (Fsp3) is 0.160. The summed E-state index contributed by atoms with van der Waals surface area (Å²) in [6, 6.07) is 17.4. The maximum absolute atomic E-state index is 13.2. The molecule has 0 N–H and O–H groups in total. The summed E-state index contributed by atoms with van der Waals surface area (Å²) in [5.74, 6) is -0.991. The summed E-state index contributed by atoms with van der Waals surface area (Å²) >= 11 is 7.27. The van der Waals surface area contributed by atoms with Crippen molar-refractivity contribution in [1.82, 2.24) is 24.6 Å². The van der Waals surface area contributed by atoms with Gasteiger partial charge in [0.15, 0.2) is 11.0 Å². The zero-order valence-electron chi connectivity index (χ0n) is 18.4. The highest BCUT2D eigenvalue weighted by atomic mass is 35.5. The third-order valence-electron chi connectivity index (χ3n) is 5.82. The molecule has 1 amide bonds. The molecule has 35 heavy (non-hydrogen) atoms. The number of rotatable bonds is 6. The van der Waals surface area contributed by atoms with Gasteiger partial charge in [0.25, 0.3) is 0 Å². The lowest BCUT2D eigenvalue weighted by molar-refractivity contribution is -0.311. The number of fused-ring (bicyclic) bond motifs is 1. The molecule has 2 aromatic heterocycles. The molecule has 3 heterocycles. The first-order chi connectivity index (χ1) is 17.0. The van der Waals surface area contributed by atoms with Crippen molar-refractivity contribution >= 4 is 35.2 Å². The van der Waals surface area contributed by atoms with Crippen molar-refractivity contribution in [3.8, 4) is 17.1 Å². The number of pyridine rings is 1. The van der Waals surface area contributed by atoms with E-state index >= 15 is 0 Å². The number of nitrogens with zero attached hydrogens (tertiary/aromatic N) is 5. The number of carboxylic acid groups (broad SMARTS) is 1. The smallest absolute Gasteiger partial charge is 0.233 e. The molecule has 0 saturated carbocycles. The first kappa shape index (κ1) is 23.1. The minimum Gasteiger partial charge on any atom is -0.548 e. The van der Waals surface area contributed by atoms with Crippen LogP contribution in [-0.4, -0.2) is 48.3 Å². The Balaban J connectivity index is 1.42. The molecule has 0 unspecified atom stereocenters. The van der Waals surface area contributed by atoms with Gasteiger partial charge in [-0.25, -0.2) is 0 Å². The third-order valence-corrected chi connectivity index (χ3v) is 6.99.